The Morgan fingerprint density at radius 2 is 1.75 bits per heavy atom. The van der Waals surface area contributed by atoms with Crippen LogP contribution in [0, 0.1) is 13.8 Å². The number of hydrogen-bond acceptors (Lipinski definition) is 7. The van der Waals surface area contributed by atoms with Gasteiger partial charge in [0.1, 0.15) is 18.1 Å². The van der Waals surface area contributed by atoms with Gasteiger partial charge in [0.05, 0.1) is 18.6 Å². The van der Waals surface area contributed by atoms with Crippen LogP contribution in [0.4, 0.5) is 4.79 Å². The molecule has 10 heteroatoms. The number of benzene rings is 2. The van der Waals surface area contributed by atoms with Crippen LogP contribution < -0.4 is 4.74 Å². The van der Waals surface area contributed by atoms with Gasteiger partial charge in [-0.2, -0.15) is 0 Å². The Morgan fingerprint density at radius 3 is 2.45 bits per heavy atom. The molecule has 0 spiro atoms. The number of aryl methyl sites for hydroxylation is 1. The van der Waals surface area contributed by atoms with Crippen LogP contribution in [0.5, 0.6) is 5.75 Å². The SMILES string of the molecule is COC(=O)c1ccc(CN2C(=O)S/C(=C/c3cc(C)n(-c4ccc(OCc5ccc(Cl)cc5)cc4)c3C)C2=O)o1. The summed E-state index contributed by atoms with van der Waals surface area (Å²) in [6, 6.07) is 20.3. The van der Waals surface area contributed by atoms with Gasteiger partial charge in [0.25, 0.3) is 11.1 Å². The number of aromatic nitrogens is 1. The lowest BCUT2D eigenvalue weighted by molar-refractivity contribution is -0.123. The summed E-state index contributed by atoms with van der Waals surface area (Å²) < 4.78 is 18.0. The van der Waals surface area contributed by atoms with Gasteiger partial charge < -0.3 is 18.5 Å². The van der Waals surface area contributed by atoms with Gasteiger partial charge in [0.15, 0.2) is 0 Å². The lowest BCUT2D eigenvalue weighted by Crippen LogP contribution is -2.27. The summed E-state index contributed by atoms with van der Waals surface area (Å²) >= 11 is 6.82. The van der Waals surface area contributed by atoms with Gasteiger partial charge in [-0.25, -0.2) is 4.79 Å². The number of amides is 2. The Kier molecular flexibility index (Phi) is 7.86. The van der Waals surface area contributed by atoms with E-state index in [0.717, 1.165) is 50.6 Å². The number of imide groups is 1. The zero-order valence-electron chi connectivity index (χ0n) is 22.0. The van der Waals surface area contributed by atoms with Crippen molar-refractivity contribution >= 4 is 46.6 Å². The number of halogens is 1. The van der Waals surface area contributed by atoms with Crippen molar-refractivity contribution in [1.29, 1.82) is 0 Å². The van der Waals surface area contributed by atoms with Crippen LogP contribution >= 0.6 is 23.4 Å². The van der Waals surface area contributed by atoms with E-state index in [0.29, 0.717) is 22.3 Å². The number of rotatable bonds is 8. The fourth-order valence-corrected chi connectivity index (χ4v) is 5.33. The first-order valence-corrected chi connectivity index (χ1v) is 13.5. The summed E-state index contributed by atoms with van der Waals surface area (Å²) in [7, 11) is 1.25. The van der Waals surface area contributed by atoms with Gasteiger partial charge in [-0.3, -0.25) is 14.5 Å². The minimum absolute atomic E-state index is 0.00797. The molecule has 1 aliphatic heterocycles. The molecule has 8 nitrogen and oxygen atoms in total. The van der Waals surface area contributed by atoms with Crippen LogP contribution in [0.3, 0.4) is 0 Å². The van der Waals surface area contributed by atoms with E-state index < -0.39 is 17.1 Å². The van der Waals surface area contributed by atoms with Crippen molar-refractivity contribution in [2.24, 2.45) is 0 Å². The van der Waals surface area contributed by atoms with E-state index in [4.69, 9.17) is 20.8 Å². The predicted molar refractivity (Wildman–Crippen MR) is 153 cm³/mol. The molecule has 2 aromatic carbocycles. The zero-order valence-corrected chi connectivity index (χ0v) is 23.5. The van der Waals surface area contributed by atoms with Gasteiger partial charge in [-0.05, 0) is 97.4 Å². The number of thioether (sulfide) groups is 1. The van der Waals surface area contributed by atoms with E-state index in [1.807, 2.05) is 68.4 Å². The number of methoxy groups -OCH3 is 1. The summed E-state index contributed by atoms with van der Waals surface area (Å²) in [6.07, 6.45) is 1.73. The maximum absolute atomic E-state index is 13.1. The standard InChI is InChI=1S/C30H25ClN2O6S/c1-18-14-21(15-27-28(34)32(30(36)40-27)16-25-12-13-26(39-25)29(35)37-3)19(2)33(18)23-8-10-24(11-9-23)38-17-20-4-6-22(31)7-5-20/h4-15H,16-17H2,1-3H3/b27-15+. The first-order valence-electron chi connectivity index (χ1n) is 12.3. The number of ether oxygens (including phenoxy) is 2. The molecular weight excluding hydrogens is 552 g/mol. The lowest BCUT2D eigenvalue weighted by atomic mass is 10.2. The zero-order chi connectivity index (χ0) is 28.4. The smallest absolute Gasteiger partial charge is 0.373 e. The molecule has 2 aromatic heterocycles. The number of furan rings is 1. The van der Waals surface area contributed by atoms with Gasteiger partial charge in [0.2, 0.25) is 5.76 Å². The molecule has 2 amide bonds. The molecule has 1 aliphatic rings. The number of carbonyl (C=O) groups is 3. The van der Waals surface area contributed by atoms with Crippen molar-refractivity contribution < 1.29 is 28.3 Å². The molecule has 0 atom stereocenters. The van der Waals surface area contributed by atoms with E-state index in [1.165, 1.54) is 13.2 Å². The number of hydrogen-bond donors (Lipinski definition) is 0. The van der Waals surface area contributed by atoms with Gasteiger partial charge in [-0.1, -0.05) is 23.7 Å². The largest absolute Gasteiger partial charge is 0.489 e. The molecule has 0 aliphatic carbocycles. The summed E-state index contributed by atoms with van der Waals surface area (Å²) in [5.74, 6) is 0.00963. The van der Waals surface area contributed by atoms with Crippen LogP contribution in [0.15, 0.2) is 76.1 Å². The van der Waals surface area contributed by atoms with Crippen molar-refractivity contribution in [3.8, 4) is 11.4 Å². The van der Waals surface area contributed by atoms with Crippen LogP contribution in [0.2, 0.25) is 5.02 Å². The lowest BCUT2D eigenvalue weighted by Gasteiger charge is -2.12. The van der Waals surface area contributed by atoms with Crippen molar-refractivity contribution in [2.45, 2.75) is 27.0 Å². The number of carbonyl (C=O) groups excluding carboxylic acids is 3. The molecule has 0 unspecified atom stereocenters. The average molecular weight is 577 g/mol. The van der Waals surface area contributed by atoms with E-state index in [9.17, 15) is 14.4 Å². The highest BCUT2D eigenvalue weighted by Gasteiger charge is 2.36. The highest BCUT2D eigenvalue weighted by Crippen LogP contribution is 2.35. The minimum atomic E-state index is -0.629. The Balaban J connectivity index is 1.29. The topological polar surface area (TPSA) is 91.0 Å². The van der Waals surface area contributed by atoms with Crippen LogP contribution in [-0.4, -0.2) is 33.7 Å². The van der Waals surface area contributed by atoms with Crippen molar-refractivity contribution in [2.75, 3.05) is 7.11 Å². The van der Waals surface area contributed by atoms with Crippen LogP contribution in [-0.2, 0) is 22.7 Å². The molecular formula is C30H25ClN2O6S. The van der Waals surface area contributed by atoms with Gasteiger partial charge >= 0.3 is 5.97 Å². The maximum Gasteiger partial charge on any atom is 0.373 e. The highest BCUT2D eigenvalue weighted by atomic mass is 35.5. The normalized spacial score (nSPS) is 14.3. The fourth-order valence-electron chi connectivity index (χ4n) is 4.38. The fraction of sp³-hybridized carbons (Fsp3) is 0.167. The summed E-state index contributed by atoms with van der Waals surface area (Å²) in [6.45, 7) is 4.30. The van der Waals surface area contributed by atoms with Crippen molar-refractivity contribution in [1.82, 2.24) is 9.47 Å². The molecule has 4 aromatic rings. The van der Waals surface area contributed by atoms with Crippen LogP contribution in [0.1, 0.15) is 38.8 Å². The maximum atomic E-state index is 13.1. The monoisotopic (exact) mass is 576 g/mol. The molecule has 3 heterocycles. The molecule has 40 heavy (non-hydrogen) atoms. The Bertz CT molecular complexity index is 1620. The molecule has 0 bridgehead atoms. The summed E-state index contributed by atoms with van der Waals surface area (Å²) in [5.41, 5.74) is 4.70. The second kappa shape index (κ2) is 11.5. The summed E-state index contributed by atoms with van der Waals surface area (Å²) in [4.78, 5) is 38.7. The van der Waals surface area contributed by atoms with E-state index >= 15 is 0 Å². The predicted octanol–water partition coefficient (Wildman–Crippen LogP) is 6.94. The minimum Gasteiger partial charge on any atom is -0.489 e. The first kappa shape index (κ1) is 27.4. The van der Waals surface area contributed by atoms with E-state index in [-0.39, 0.29) is 12.3 Å². The van der Waals surface area contributed by atoms with Gasteiger partial charge in [-0.15, -0.1) is 0 Å². The Morgan fingerprint density at radius 1 is 1.02 bits per heavy atom. The third-order valence-corrected chi connectivity index (χ3v) is 7.57. The highest BCUT2D eigenvalue weighted by molar-refractivity contribution is 8.18. The van der Waals surface area contributed by atoms with E-state index in [1.54, 1.807) is 12.1 Å². The number of esters is 1. The number of nitrogens with zero attached hydrogens (tertiary/aromatic N) is 2. The third-order valence-electron chi connectivity index (χ3n) is 6.41. The third kappa shape index (κ3) is 5.71. The Labute approximate surface area is 240 Å². The average Bonchev–Trinajstić information content (AvgIpc) is 3.61. The van der Waals surface area contributed by atoms with Crippen molar-refractivity contribution in [3.05, 3.63) is 111 Å². The second-order valence-electron chi connectivity index (χ2n) is 9.10. The molecule has 0 saturated carbocycles. The van der Waals surface area contributed by atoms with Crippen LogP contribution in [0.25, 0.3) is 11.8 Å². The molecule has 204 valence electrons. The van der Waals surface area contributed by atoms with E-state index in [2.05, 4.69) is 9.30 Å². The quantitative estimate of drug-likeness (QED) is 0.166. The molecule has 0 N–H and O–H groups in total. The van der Waals surface area contributed by atoms with Gasteiger partial charge in [0, 0.05) is 22.1 Å². The molecule has 1 saturated heterocycles. The van der Waals surface area contributed by atoms with Crippen molar-refractivity contribution in [3.63, 3.8) is 0 Å². The Hall–Kier alpha value is -4.21. The summed E-state index contributed by atoms with van der Waals surface area (Å²) in [5, 5.41) is 0.278. The molecule has 1 fully saturated rings. The molecule has 5 rings (SSSR count). The molecule has 0 radical (unpaired) electrons. The first-order chi connectivity index (χ1) is 19.2. The second-order valence-corrected chi connectivity index (χ2v) is 10.5.